The maximum atomic E-state index is 14.1. The topological polar surface area (TPSA) is 138 Å². The van der Waals surface area contributed by atoms with Crippen molar-refractivity contribution in [1.29, 1.82) is 0 Å². The number of sulfonamides is 1. The lowest BCUT2D eigenvalue weighted by atomic mass is 9.85. The maximum absolute atomic E-state index is 14.1. The van der Waals surface area contributed by atoms with E-state index in [0.717, 1.165) is 38.6 Å². The fourth-order valence-electron chi connectivity index (χ4n) is 8.08. The van der Waals surface area contributed by atoms with E-state index in [9.17, 15) is 23.1 Å². The van der Waals surface area contributed by atoms with Crippen LogP contribution in [0.4, 0.5) is 11.4 Å². The second-order valence-corrected chi connectivity index (χ2v) is 16.9. The number of anilines is 1. The van der Waals surface area contributed by atoms with Gasteiger partial charge in [-0.2, -0.15) is 0 Å². The van der Waals surface area contributed by atoms with Gasteiger partial charge in [-0.3, -0.25) is 14.6 Å². The summed E-state index contributed by atoms with van der Waals surface area (Å²) in [7, 11) is -0.667. The fraction of sp³-hybridized carbons (Fsp3) is 0.250. The number of phenols is 1. The summed E-state index contributed by atoms with van der Waals surface area (Å²) < 4.78 is 38.8. The Bertz CT molecular complexity index is 2610. The van der Waals surface area contributed by atoms with Gasteiger partial charge in [-0.25, -0.2) is 13.1 Å². The molecule has 0 radical (unpaired) electrons. The van der Waals surface area contributed by atoms with Gasteiger partial charge in [0, 0.05) is 55.0 Å². The Hall–Kier alpha value is -5.69. The van der Waals surface area contributed by atoms with Crippen molar-refractivity contribution >= 4 is 67.4 Å². The number of hydrogen-bond donors (Lipinski definition) is 2. The molecule has 0 saturated heterocycles. The molecular formula is C44H41ClN4O7S. The number of amides is 2. The predicted molar refractivity (Wildman–Crippen MR) is 222 cm³/mol. The number of halogens is 1. The highest BCUT2D eigenvalue weighted by Crippen LogP contribution is 2.46. The number of aromatic hydroxyl groups is 1. The first kappa shape index (κ1) is 38.2. The second-order valence-electron chi connectivity index (χ2n) is 14.7. The first-order chi connectivity index (χ1) is 27.4. The molecule has 13 heteroatoms. The number of nitrogens with zero attached hydrogens (tertiary/aromatic N) is 3. The molecule has 5 aromatic carbocycles. The Morgan fingerprint density at radius 1 is 1.00 bits per heavy atom. The maximum Gasteiger partial charge on any atom is 0.257 e. The van der Waals surface area contributed by atoms with Crippen LogP contribution in [-0.4, -0.2) is 75.1 Å². The van der Waals surface area contributed by atoms with Gasteiger partial charge in [-0.1, -0.05) is 66.7 Å². The molecule has 0 unspecified atom stereocenters. The number of carbonyl (C=O) groups excluding carboxylic acids is 2. The van der Waals surface area contributed by atoms with Crippen LogP contribution in [0.15, 0.2) is 107 Å². The molecule has 292 valence electrons. The Morgan fingerprint density at radius 3 is 2.49 bits per heavy atom. The minimum atomic E-state index is -3.56. The first-order valence-corrected chi connectivity index (χ1v) is 20.6. The molecule has 3 aliphatic rings. The van der Waals surface area contributed by atoms with Gasteiger partial charge in [-0.05, 0) is 65.4 Å². The normalized spacial score (nSPS) is 18.8. The molecule has 0 fully saturated rings. The highest BCUT2D eigenvalue weighted by Gasteiger charge is 2.41. The predicted octanol–water partition coefficient (Wildman–Crippen LogP) is 7.36. The summed E-state index contributed by atoms with van der Waals surface area (Å²) in [4.78, 5) is 36.3. The minimum Gasteiger partial charge on any atom is -0.507 e. The molecule has 0 bridgehead atoms. The van der Waals surface area contributed by atoms with Crippen LogP contribution in [0.1, 0.15) is 51.9 Å². The number of benzene rings is 5. The van der Waals surface area contributed by atoms with E-state index in [0.29, 0.717) is 53.8 Å². The van der Waals surface area contributed by atoms with E-state index < -0.39 is 15.6 Å². The third-order valence-corrected chi connectivity index (χ3v) is 12.9. The van der Waals surface area contributed by atoms with Crippen LogP contribution < -0.4 is 19.1 Å². The summed E-state index contributed by atoms with van der Waals surface area (Å²) in [5.41, 5.74) is 5.25. The summed E-state index contributed by atoms with van der Waals surface area (Å²) in [5, 5.41) is 12.4. The third kappa shape index (κ3) is 7.02. The van der Waals surface area contributed by atoms with E-state index >= 15 is 0 Å². The molecule has 2 N–H and O–H groups in total. The zero-order chi connectivity index (χ0) is 40.1. The van der Waals surface area contributed by atoms with Gasteiger partial charge in [0.2, 0.25) is 15.9 Å². The largest absolute Gasteiger partial charge is 0.507 e. The Kier molecular flexibility index (Phi) is 10.1. The number of nitrogens with one attached hydrogen (secondary N) is 1. The number of phenolic OH excluding ortho intramolecular Hbond substituents is 1. The van der Waals surface area contributed by atoms with Gasteiger partial charge in [0.15, 0.2) is 11.5 Å². The zero-order valence-electron chi connectivity index (χ0n) is 31.7. The van der Waals surface area contributed by atoms with Gasteiger partial charge >= 0.3 is 0 Å². The second kappa shape index (κ2) is 15.0. The average Bonchev–Trinajstić information content (AvgIpc) is 3.56. The lowest BCUT2D eigenvalue weighted by Crippen LogP contribution is -2.52. The molecule has 0 spiro atoms. The summed E-state index contributed by atoms with van der Waals surface area (Å²) >= 11 is 6.40. The molecule has 5 aromatic rings. The van der Waals surface area contributed by atoms with Crippen molar-refractivity contribution in [1.82, 2.24) is 9.62 Å². The summed E-state index contributed by atoms with van der Waals surface area (Å²) in [6.45, 7) is 2.90. The van der Waals surface area contributed by atoms with Crippen LogP contribution in [0.25, 0.3) is 16.3 Å². The summed E-state index contributed by atoms with van der Waals surface area (Å²) in [5.74, 6) is 0.923. The molecule has 8 rings (SSSR count). The van der Waals surface area contributed by atoms with Crippen LogP contribution in [-0.2, 0) is 27.8 Å². The summed E-state index contributed by atoms with van der Waals surface area (Å²) in [6.07, 6.45) is 4.40. The van der Waals surface area contributed by atoms with Gasteiger partial charge in [-0.15, -0.1) is 11.6 Å². The highest BCUT2D eigenvalue weighted by molar-refractivity contribution is 7.89. The van der Waals surface area contributed by atoms with Crippen LogP contribution in [0.2, 0.25) is 0 Å². The van der Waals surface area contributed by atoms with Crippen LogP contribution in [0.5, 0.6) is 17.2 Å². The van der Waals surface area contributed by atoms with Crippen molar-refractivity contribution in [3.05, 3.63) is 125 Å². The molecular weight excluding hydrogens is 764 g/mol. The standard InChI is InChI=1S/C44H41ClN4O7S/c1-44-22-30(29-11-13-32(14-12-29)57(53,54)46-2)15-16-49(44)43(52)35-19-39(55-3)40(20-36(35)47-26-44)56-25-28-8-6-7-27(17-28)18-41(51)48-24-31(23-45)42-34-10-5-4-9-33(34)38(50)21-37(42)48/h4-15,17,19-21,26,31,46,50H,16,18,22-25H2,1-3H3/t31-,44+/m1/s1. The molecule has 11 nitrogen and oxygen atoms in total. The van der Waals surface area contributed by atoms with Crippen LogP contribution in [0.3, 0.4) is 0 Å². The highest BCUT2D eigenvalue weighted by atomic mass is 35.5. The third-order valence-electron chi connectivity index (χ3n) is 11.1. The van der Waals surface area contributed by atoms with E-state index in [4.69, 9.17) is 26.1 Å². The molecule has 2 amide bonds. The van der Waals surface area contributed by atoms with Gasteiger partial charge in [0.05, 0.1) is 40.9 Å². The number of aliphatic imine (C=N–C) groups is 1. The van der Waals surface area contributed by atoms with Crippen molar-refractivity contribution in [2.75, 3.05) is 38.0 Å². The smallest absolute Gasteiger partial charge is 0.257 e. The van der Waals surface area contributed by atoms with E-state index in [2.05, 4.69) is 4.72 Å². The number of hydrogen-bond acceptors (Lipinski definition) is 8. The Morgan fingerprint density at radius 2 is 1.75 bits per heavy atom. The van der Waals surface area contributed by atoms with Crippen molar-refractivity contribution in [2.45, 2.75) is 42.7 Å². The molecule has 2 atom stereocenters. The average molecular weight is 805 g/mol. The Balaban J connectivity index is 0.983. The zero-order valence-corrected chi connectivity index (χ0v) is 33.2. The van der Waals surface area contributed by atoms with Crippen LogP contribution >= 0.6 is 11.6 Å². The molecule has 57 heavy (non-hydrogen) atoms. The number of ether oxygens (including phenoxy) is 2. The molecule has 0 saturated carbocycles. The quantitative estimate of drug-likeness (QED) is 0.141. The van der Waals surface area contributed by atoms with Crippen molar-refractivity contribution in [3.8, 4) is 17.2 Å². The number of rotatable bonds is 10. The van der Waals surface area contributed by atoms with Crippen molar-refractivity contribution in [2.24, 2.45) is 4.99 Å². The number of alkyl halides is 1. The van der Waals surface area contributed by atoms with Gasteiger partial charge < -0.3 is 24.4 Å². The van der Waals surface area contributed by atoms with Gasteiger partial charge in [0.1, 0.15) is 12.4 Å². The van der Waals surface area contributed by atoms with E-state index in [1.165, 1.54) is 14.2 Å². The van der Waals surface area contributed by atoms with Crippen molar-refractivity contribution < 1.29 is 32.6 Å². The van der Waals surface area contributed by atoms with E-state index in [1.807, 2.05) is 61.5 Å². The SMILES string of the molecule is CNS(=O)(=O)c1ccc(C2=CCN3C(=O)c4cc(OC)c(OCc5cccc(CC(=O)N6C[C@@H](CCl)c7c6cc(O)c6ccccc76)c5)cc4N=C[C@]3(C)C2)cc1. The van der Waals surface area contributed by atoms with Crippen molar-refractivity contribution in [3.63, 3.8) is 0 Å². The molecule has 0 aliphatic carbocycles. The number of methoxy groups -OCH3 is 1. The number of carbonyl (C=O) groups is 2. The van der Waals surface area contributed by atoms with E-state index in [-0.39, 0.29) is 41.4 Å². The van der Waals surface area contributed by atoms with Crippen LogP contribution in [0, 0.1) is 0 Å². The van der Waals surface area contributed by atoms with Gasteiger partial charge in [0.25, 0.3) is 5.91 Å². The monoisotopic (exact) mass is 804 g/mol. The number of fused-ring (bicyclic) bond motifs is 5. The molecule has 3 heterocycles. The molecule has 3 aliphatic heterocycles. The fourth-order valence-corrected chi connectivity index (χ4v) is 9.06. The first-order valence-electron chi connectivity index (χ1n) is 18.6. The lowest BCUT2D eigenvalue weighted by Gasteiger charge is -2.41. The van der Waals surface area contributed by atoms with E-state index in [1.54, 1.807) is 58.5 Å². The lowest BCUT2D eigenvalue weighted by molar-refractivity contribution is -0.117. The minimum absolute atomic E-state index is 0.0547. The molecule has 0 aromatic heterocycles. The Labute approximate surface area is 336 Å². The summed E-state index contributed by atoms with van der Waals surface area (Å²) in [6, 6.07) is 27.0.